The number of halogens is 1. The minimum Gasteiger partial charge on any atom is -0.351 e. The topological polar surface area (TPSA) is 29.1 Å². The monoisotopic (exact) mass is 231 g/mol. The van der Waals surface area contributed by atoms with Gasteiger partial charge in [0.05, 0.1) is 5.38 Å². The fraction of sp³-hybridized carbons (Fsp3) is 0.917. The largest absolute Gasteiger partial charge is 0.351 e. The highest BCUT2D eigenvalue weighted by Gasteiger charge is 2.28. The van der Waals surface area contributed by atoms with Crippen LogP contribution in [0.25, 0.3) is 0 Å². The van der Waals surface area contributed by atoms with E-state index in [1.807, 2.05) is 20.8 Å². The lowest BCUT2D eigenvalue weighted by atomic mass is 9.94. The maximum absolute atomic E-state index is 11.8. The molecule has 0 aliphatic heterocycles. The van der Waals surface area contributed by atoms with Crippen molar-refractivity contribution in [2.75, 3.05) is 0 Å². The number of hydrogen-bond acceptors (Lipinski definition) is 1. The lowest BCUT2D eigenvalue weighted by Gasteiger charge is -2.26. The average molecular weight is 232 g/mol. The summed E-state index contributed by atoms with van der Waals surface area (Å²) in [6, 6.07) is 0.167. The number of nitrogens with one attached hydrogen (secondary N) is 1. The molecule has 1 rings (SSSR count). The lowest BCUT2D eigenvalue weighted by Crippen LogP contribution is -2.45. The molecule has 1 N–H and O–H groups in total. The Kier molecular flexibility index (Phi) is 4.45. The Morgan fingerprint density at radius 3 is 2.40 bits per heavy atom. The predicted octanol–water partition coefficient (Wildman–Crippen LogP) is 3.09. The van der Waals surface area contributed by atoms with Gasteiger partial charge >= 0.3 is 0 Å². The van der Waals surface area contributed by atoms with E-state index in [9.17, 15) is 4.79 Å². The van der Waals surface area contributed by atoms with Gasteiger partial charge in [-0.15, -0.1) is 11.6 Å². The molecule has 0 saturated heterocycles. The minimum atomic E-state index is -0.317. The van der Waals surface area contributed by atoms with Crippen LogP contribution < -0.4 is 5.32 Å². The predicted molar refractivity (Wildman–Crippen MR) is 64.1 cm³/mol. The molecule has 1 fully saturated rings. The van der Waals surface area contributed by atoms with Gasteiger partial charge in [0.1, 0.15) is 0 Å². The van der Waals surface area contributed by atoms with Crippen molar-refractivity contribution in [3.63, 3.8) is 0 Å². The Bertz CT molecular complexity index is 222. The molecule has 3 heteroatoms. The molecular formula is C12H22ClNO. The molecule has 0 aromatic heterocycles. The summed E-state index contributed by atoms with van der Waals surface area (Å²) >= 11 is 6.27. The fourth-order valence-electron chi connectivity index (χ4n) is 1.81. The van der Waals surface area contributed by atoms with Gasteiger partial charge in [-0.25, -0.2) is 0 Å². The van der Waals surface area contributed by atoms with Crippen LogP contribution in [0.2, 0.25) is 0 Å². The second kappa shape index (κ2) is 5.20. The SMILES string of the molecule is CC(C)(C)C(=O)NC1CCCCCC1Cl. The molecular weight excluding hydrogens is 210 g/mol. The zero-order chi connectivity index (χ0) is 11.5. The first kappa shape index (κ1) is 12.8. The van der Waals surface area contributed by atoms with Crippen LogP contribution in [0.15, 0.2) is 0 Å². The smallest absolute Gasteiger partial charge is 0.225 e. The normalized spacial score (nSPS) is 28.3. The van der Waals surface area contributed by atoms with Crippen molar-refractivity contribution in [2.24, 2.45) is 5.41 Å². The maximum atomic E-state index is 11.8. The highest BCUT2D eigenvalue weighted by atomic mass is 35.5. The van der Waals surface area contributed by atoms with Crippen molar-refractivity contribution in [3.8, 4) is 0 Å². The van der Waals surface area contributed by atoms with Crippen molar-refractivity contribution in [1.29, 1.82) is 0 Å². The van der Waals surface area contributed by atoms with Crippen LogP contribution in [0.5, 0.6) is 0 Å². The second-order valence-electron chi connectivity index (χ2n) is 5.48. The first-order valence-corrected chi connectivity index (χ1v) is 6.30. The van der Waals surface area contributed by atoms with Crippen LogP contribution in [0.3, 0.4) is 0 Å². The molecule has 0 heterocycles. The number of carbonyl (C=O) groups is 1. The van der Waals surface area contributed by atoms with E-state index in [1.165, 1.54) is 19.3 Å². The molecule has 0 bridgehead atoms. The van der Waals surface area contributed by atoms with E-state index in [0.717, 1.165) is 12.8 Å². The Hall–Kier alpha value is -0.240. The van der Waals surface area contributed by atoms with Crippen LogP contribution in [0.1, 0.15) is 52.9 Å². The summed E-state index contributed by atoms with van der Waals surface area (Å²) in [5.41, 5.74) is -0.317. The number of alkyl halides is 1. The van der Waals surface area contributed by atoms with Gasteiger partial charge in [-0.3, -0.25) is 4.79 Å². The molecule has 1 saturated carbocycles. The Morgan fingerprint density at radius 2 is 1.80 bits per heavy atom. The van der Waals surface area contributed by atoms with Crippen LogP contribution in [0, 0.1) is 5.41 Å². The zero-order valence-corrected chi connectivity index (χ0v) is 10.7. The van der Waals surface area contributed by atoms with E-state index in [2.05, 4.69) is 5.32 Å². The van der Waals surface area contributed by atoms with Gasteiger partial charge in [-0.2, -0.15) is 0 Å². The van der Waals surface area contributed by atoms with Gasteiger partial charge < -0.3 is 5.32 Å². The third kappa shape index (κ3) is 4.02. The van der Waals surface area contributed by atoms with E-state index in [1.54, 1.807) is 0 Å². The Labute approximate surface area is 97.8 Å². The summed E-state index contributed by atoms with van der Waals surface area (Å²) in [6.07, 6.45) is 5.66. The molecule has 0 spiro atoms. The summed E-state index contributed by atoms with van der Waals surface area (Å²) in [7, 11) is 0. The first-order chi connectivity index (χ1) is 6.91. The average Bonchev–Trinajstić information content (AvgIpc) is 2.30. The van der Waals surface area contributed by atoms with Gasteiger partial charge in [-0.1, -0.05) is 40.0 Å². The van der Waals surface area contributed by atoms with Crippen LogP contribution in [-0.4, -0.2) is 17.3 Å². The molecule has 1 amide bonds. The van der Waals surface area contributed by atoms with Gasteiger partial charge in [-0.05, 0) is 12.8 Å². The van der Waals surface area contributed by atoms with Crippen molar-refractivity contribution in [1.82, 2.24) is 5.32 Å². The maximum Gasteiger partial charge on any atom is 0.225 e. The quantitative estimate of drug-likeness (QED) is 0.546. The summed E-state index contributed by atoms with van der Waals surface area (Å²) in [4.78, 5) is 11.8. The summed E-state index contributed by atoms with van der Waals surface area (Å²) < 4.78 is 0. The zero-order valence-electron chi connectivity index (χ0n) is 9.98. The molecule has 0 aromatic rings. The molecule has 0 radical (unpaired) electrons. The molecule has 2 unspecified atom stereocenters. The van der Waals surface area contributed by atoms with Gasteiger partial charge in [0.15, 0.2) is 0 Å². The van der Waals surface area contributed by atoms with Crippen molar-refractivity contribution < 1.29 is 4.79 Å². The fourth-order valence-corrected chi connectivity index (χ4v) is 2.15. The standard InChI is InChI=1S/C12H22ClNO/c1-12(2,3)11(15)14-10-8-6-4-5-7-9(10)13/h9-10H,4-8H2,1-3H3,(H,14,15). The second-order valence-corrected chi connectivity index (χ2v) is 6.04. The van der Waals surface area contributed by atoms with Crippen molar-refractivity contribution in [2.45, 2.75) is 64.3 Å². The van der Waals surface area contributed by atoms with Gasteiger partial charge in [0.25, 0.3) is 0 Å². The molecule has 0 aromatic carbocycles. The number of amides is 1. The molecule has 1 aliphatic carbocycles. The highest BCUT2D eigenvalue weighted by molar-refractivity contribution is 6.21. The summed E-state index contributed by atoms with van der Waals surface area (Å²) in [5.74, 6) is 0.111. The molecule has 1 aliphatic rings. The lowest BCUT2D eigenvalue weighted by molar-refractivity contribution is -0.129. The van der Waals surface area contributed by atoms with Crippen molar-refractivity contribution in [3.05, 3.63) is 0 Å². The van der Waals surface area contributed by atoms with E-state index >= 15 is 0 Å². The van der Waals surface area contributed by atoms with E-state index in [0.29, 0.717) is 0 Å². The number of carbonyl (C=O) groups excluding carboxylic acids is 1. The van der Waals surface area contributed by atoms with E-state index in [-0.39, 0.29) is 22.7 Å². The van der Waals surface area contributed by atoms with E-state index < -0.39 is 0 Å². The third-order valence-electron chi connectivity index (χ3n) is 2.93. The van der Waals surface area contributed by atoms with Crippen LogP contribution in [0.4, 0.5) is 0 Å². The number of rotatable bonds is 1. The summed E-state index contributed by atoms with van der Waals surface area (Å²) in [6.45, 7) is 5.80. The van der Waals surface area contributed by atoms with Crippen LogP contribution in [-0.2, 0) is 4.79 Å². The van der Waals surface area contributed by atoms with Gasteiger partial charge in [0, 0.05) is 11.5 Å². The highest BCUT2D eigenvalue weighted by Crippen LogP contribution is 2.23. The van der Waals surface area contributed by atoms with E-state index in [4.69, 9.17) is 11.6 Å². The summed E-state index contributed by atoms with van der Waals surface area (Å²) in [5, 5.41) is 3.19. The minimum absolute atomic E-state index is 0.110. The van der Waals surface area contributed by atoms with Crippen LogP contribution >= 0.6 is 11.6 Å². The molecule has 15 heavy (non-hydrogen) atoms. The Balaban J connectivity index is 2.52. The molecule has 2 atom stereocenters. The molecule has 2 nitrogen and oxygen atoms in total. The first-order valence-electron chi connectivity index (χ1n) is 5.86. The van der Waals surface area contributed by atoms with Crippen molar-refractivity contribution >= 4 is 17.5 Å². The van der Waals surface area contributed by atoms with Gasteiger partial charge in [0.2, 0.25) is 5.91 Å². The third-order valence-corrected chi connectivity index (χ3v) is 3.45. The molecule has 88 valence electrons. The number of hydrogen-bond donors (Lipinski definition) is 1. The Morgan fingerprint density at radius 1 is 1.20 bits per heavy atom.